The Balaban J connectivity index is 2.94. The van der Waals surface area contributed by atoms with E-state index in [2.05, 4.69) is 16.6 Å². The molecule has 0 fully saturated rings. The molecule has 0 saturated heterocycles. The summed E-state index contributed by atoms with van der Waals surface area (Å²) < 4.78 is 4.69. The second kappa shape index (κ2) is 5.22. The van der Waals surface area contributed by atoms with Crippen LogP contribution in [0.5, 0.6) is 5.75 Å². The van der Waals surface area contributed by atoms with Gasteiger partial charge in [-0.1, -0.05) is 5.92 Å². The van der Waals surface area contributed by atoms with Crippen molar-refractivity contribution in [3.05, 3.63) is 28.8 Å². The molecule has 0 atom stereocenters. The predicted molar refractivity (Wildman–Crippen MR) is 61.1 cm³/mol. The summed E-state index contributed by atoms with van der Waals surface area (Å²) in [5, 5.41) is 9.55. The molecule has 0 spiro atoms. The molecule has 1 aromatic rings. The van der Waals surface area contributed by atoms with Gasteiger partial charge in [0.15, 0.2) is 0 Å². The van der Waals surface area contributed by atoms with E-state index in [9.17, 15) is 9.90 Å². The monoisotopic (exact) mass is 218 g/mol. The van der Waals surface area contributed by atoms with E-state index in [-0.39, 0.29) is 5.75 Å². The number of phenolic OH excluding ortho intramolecular Hbond substituents is 1. The molecule has 1 N–H and O–H groups in total. The average Bonchev–Trinajstić information content (AvgIpc) is 2.23. The largest absolute Gasteiger partial charge is 0.507 e. The Hall–Kier alpha value is -1.95. The number of hydrogen-bond acceptors (Lipinski definition) is 3. The van der Waals surface area contributed by atoms with E-state index in [0.29, 0.717) is 12.2 Å². The van der Waals surface area contributed by atoms with Crippen molar-refractivity contribution in [2.75, 3.05) is 6.61 Å². The van der Waals surface area contributed by atoms with Crippen LogP contribution in [0, 0.1) is 25.7 Å². The predicted octanol–water partition coefficient (Wildman–Crippen LogP) is 1.92. The molecular formula is C13H14O3. The van der Waals surface area contributed by atoms with Crippen molar-refractivity contribution in [3.8, 4) is 17.6 Å². The van der Waals surface area contributed by atoms with Crippen LogP contribution in [0.2, 0.25) is 0 Å². The van der Waals surface area contributed by atoms with Crippen LogP contribution in [0.4, 0.5) is 0 Å². The summed E-state index contributed by atoms with van der Waals surface area (Å²) in [5.74, 6) is 4.81. The van der Waals surface area contributed by atoms with Crippen LogP contribution in [0.25, 0.3) is 0 Å². The molecule has 0 aromatic heterocycles. The zero-order valence-corrected chi connectivity index (χ0v) is 9.63. The van der Waals surface area contributed by atoms with Crippen LogP contribution < -0.4 is 0 Å². The third-order valence-electron chi connectivity index (χ3n) is 2.08. The van der Waals surface area contributed by atoms with Gasteiger partial charge in [-0.15, -0.1) is 0 Å². The lowest BCUT2D eigenvalue weighted by Crippen LogP contribution is -1.99. The van der Waals surface area contributed by atoms with E-state index in [1.807, 2.05) is 0 Å². The lowest BCUT2D eigenvalue weighted by atomic mass is 10.1. The molecule has 0 amide bonds. The van der Waals surface area contributed by atoms with Gasteiger partial charge in [0.25, 0.3) is 0 Å². The minimum Gasteiger partial charge on any atom is -0.507 e. The molecule has 3 heteroatoms. The molecule has 0 heterocycles. The maximum Gasteiger partial charge on any atom is 0.384 e. The van der Waals surface area contributed by atoms with Gasteiger partial charge in [-0.2, -0.15) is 0 Å². The normalized spacial score (nSPS) is 9.19. The Labute approximate surface area is 95.1 Å². The first-order chi connectivity index (χ1) is 7.54. The smallest absolute Gasteiger partial charge is 0.384 e. The minimum atomic E-state index is -0.536. The highest BCUT2D eigenvalue weighted by Crippen LogP contribution is 2.22. The third-order valence-corrected chi connectivity index (χ3v) is 2.08. The van der Waals surface area contributed by atoms with Gasteiger partial charge >= 0.3 is 5.97 Å². The Bertz CT molecular complexity index is 441. The molecule has 0 unspecified atom stereocenters. The number of aryl methyl sites for hydroxylation is 2. The fourth-order valence-electron chi connectivity index (χ4n) is 1.32. The molecular weight excluding hydrogens is 204 g/mol. The van der Waals surface area contributed by atoms with E-state index < -0.39 is 5.97 Å². The Kier molecular flexibility index (Phi) is 3.96. The lowest BCUT2D eigenvalue weighted by Gasteiger charge is -2.03. The van der Waals surface area contributed by atoms with Crippen molar-refractivity contribution >= 4 is 5.97 Å². The van der Waals surface area contributed by atoms with Crippen LogP contribution in [0.3, 0.4) is 0 Å². The molecule has 0 aliphatic heterocycles. The Morgan fingerprint density at radius 2 is 1.94 bits per heavy atom. The molecule has 3 nitrogen and oxygen atoms in total. The van der Waals surface area contributed by atoms with E-state index in [1.54, 1.807) is 32.9 Å². The first kappa shape index (κ1) is 12.1. The van der Waals surface area contributed by atoms with Crippen LogP contribution >= 0.6 is 0 Å². The highest BCUT2D eigenvalue weighted by molar-refractivity contribution is 5.89. The Morgan fingerprint density at radius 1 is 1.38 bits per heavy atom. The number of phenols is 1. The highest BCUT2D eigenvalue weighted by atomic mass is 16.5. The second-order valence-electron chi connectivity index (χ2n) is 3.43. The van der Waals surface area contributed by atoms with Crippen LogP contribution in [-0.4, -0.2) is 17.7 Å². The quantitative estimate of drug-likeness (QED) is 0.578. The number of rotatable bonds is 1. The zero-order chi connectivity index (χ0) is 12.1. The van der Waals surface area contributed by atoms with Gasteiger partial charge in [0, 0.05) is 11.5 Å². The number of carbonyl (C=O) groups is 1. The number of benzene rings is 1. The number of ether oxygens (including phenoxy) is 1. The standard InChI is InChI=1S/C13H14O3/c1-4-16-12(14)6-5-11-7-9(2)13(15)10(3)8-11/h7-8,15H,4H2,1-3H3. The maximum absolute atomic E-state index is 11.0. The summed E-state index contributed by atoms with van der Waals surface area (Å²) in [5.41, 5.74) is 2.18. The maximum atomic E-state index is 11.0. The molecule has 0 aliphatic rings. The molecule has 1 rings (SSSR count). The number of aromatic hydroxyl groups is 1. The minimum absolute atomic E-state index is 0.265. The van der Waals surface area contributed by atoms with Crippen molar-refractivity contribution < 1.29 is 14.6 Å². The fraction of sp³-hybridized carbons (Fsp3) is 0.308. The summed E-state index contributed by atoms with van der Waals surface area (Å²) in [7, 11) is 0. The van der Waals surface area contributed by atoms with Crippen molar-refractivity contribution in [1.29, 1.82) is 0 Å². The molecule has 0 aliphatic carbocycles. The van der Waals surface area contributed by atoms with Crippen LogP contribution in [0.15, 0.2) is 12.1 Å². The van der Waals surface area contributed by atoms with Crippen LogP contribution in [0.1, 0.15) is 23.6 Å². The average molecular weight is 218 g/mol. The van der Waals surface area contributed by atoms with Gasteiger partial charge in [-0.3, -0.25) is 0 Å². The molecule has 84 valence electrons. The molecule has 0 radical (unpaired) electrons. The van der Waals surface area contributed by atoms with E-state index in [0.717, 1.165) is 11.1 Å². The zero-order valence-electron chi connectivity index (χ0n) is 9.63. The van der Waals surface area contributed by atoms with E-state index in [4.69, 9.17) is 0 Å². The summed E-state index contributed by atoms with van der Waals surface area (Å²) in [6.45, 7) is 5.63. The van der Waals surface area contributed by atoms with Gasteiger partial charge < -0.3 is 9.84 Å². The van der Waals surface area contributed by atoms with Gasteiger partial charge in [0.1, 0.15) is 5.75 Å². The molecule has 1 aromatic carbocycles. The fourth-order valence-corrected chi connectivity index (χ4v) is 1.32. The first-order valence-electron chi connectivity index (χ1n) is 5.03. The SMILES string of the molecule is CCOC(=O)C#Cc1cc(C)c(O)c(C)c1. The molecule has 0 bridgehead atoms. The lowest BCUT2D eigenvalue weighted by molar-refractivity contribution is -0.136. The second-order valence-corrected chi connectivity index (χ2v) is 3.43. The van der Waals surface area contributed by atoms with Gasteiger partial charge in [0.2, 0.25) is 0 Å². The van der Waals surface area contributed by atoms with E-state index in [1.165, 1.54) is 0 Å². The third kappa shape index (κ3) is 3.03. The Morgan fingerprint density at radius 3 is 2.44 bits per heavy atom. The molecule has 0 saturated carbocycles. The highest BCUT2D eigenvalue weighted by Gasteiger charge is 2.01. The summed E-state index contributed by atoms with van der Waals surface area (Å²) >= 11 is 0. The van der Waals surface area contributed by atoms with Crippen molar-refractivity contribution in [2.24, 2.45) is 0 Å². The van der Waals surface area contributed by atoms with Crippen molar-refractivity contribution in [2.45, 2.75) is 20.8 Å². The summed E-state index contributed by atoms with van der Waals surface area (Å²) in [6, 6.07) is 3.46. The van der Waals surface area contributed by atoms with Gasteiger partial charge in [-0.05, 0) is 44.0 Å². The topological polar surface area (TPSA) is 46.5 Å². The first-order valence-corrected chi connectivity index (χ1v) is 5.03. The van der Waals surface area contributed by atoms with Gasteiger partial charge in [-0.25, -0.2) is 4.79 Å². The van der Waals surface area contributed by atoms with Crippen molar-refractivity contribution in [1.82, 2.24) is 0 Å². The summed E-state index contributed by atoms with van der Waals surface area (Å²) in [4.78, 5) is 11.0. The van der Waals surface area contributed by atoms with Gasteiger partial charge in [0.05, 0.1) is 6.61 Å². The number of hydrogen-bond donors (Lipinski definition) is 1. The van der Waals surface area contributed by atoms with E-state index >= 15 is 0 Å². The number of esters is 1. The molecule has 16 heavy (non-hydrogen) atoms. The summed E-state index contributed by atoms with van der Waals surface area (Å²) in [6.07, 6.45) is 0. The number of carbonyl (C=O) groups excluding carboxylic acids is 1. The van der Waals surface area contributed by atoms with Crippen molar-refractivity contribution in [3.63, 3.8) is 0 Å². The van der Waals surface area contributed by atoms with Crippen LogP contribution in [-0.2, 0) is 9.53 Å².